The summed E-state index contributed by atoms with van der Waals surface area (Å²) in [6, 6.07) is 16.3. The highest BCUT2D eigenvalue weighted by Gasteiger charge is 2.15. The average molecular weight is 367 g/mol. The van der Waals surface area contributed by atoms with Gasteiger partial charge in [-0.3, -0.25) is 4.90 Å². The van der Waals surface area contributed by atoms with Crippen LogP contribution in [0.3, 0.4) is 0 Å². The lowest BCUT2D eigenvalue weighted by molar-refractivity contribution is 0.176. The highest BCUT2D eigenvalue weighted by molar-refractivity contribution is 5.92. The van der Waals surface area contributed by atoms with Crippen LogP contribution in [0.2, 0.25) is 0 Å². The van der Waals surface area contributed by atoms with Gasteiger partial charge in [0.05, 0.1) is 13.7 Å². The maximum atomic E-state index is 5.99. The molecule has 3 N–H and O–H groups in total. The number of nitrogens with zero attached hydrogens (tertiary/aromatic N) is 2. The molecule has 0 bridgehead atoms. The zero-order valence-corrected chi connectivity index (χ0v) is 16.3. The minimum absolute atomic E-state index is 0.409. The van der Waals surface area contributed by atoms with Crippen molar-refractivity contribution in [2.45, 2.75) is 32.9 Å². The van der Waals surface area contributed by atoms with E-state index >= 15 is 0 Å². The third kappa shape index (κ3) is 6.00. The Morgan fingerprint density at radius 1 is 1.15 bits per heavy atom. The van der Waals surface area contributed by atoms with Gasteiger partial charge in [-0.05, 0) is 60.7 Å². The van der Waals surface area contributed by atoms with Gasteiger partial charge in [0, 0.05) is 18.8 Å². The molecule has 0 aromatic heterocycles. The molecular formula is C22H30N4O. The largest absolute Gasteiger partial charge is 0.497 e. The SMILES string of the molecule is COc1ccc(NC(N)=NCc2ccc(CN3CCCC(C)C3)cc2)cc1. The summed E-state index contributed by atoms with van der Waals surface area (Å²) in [6.07, 6.45) is 2.67. The Kier molecular flexibility index (Phi) is 6.71. The Morgan fingerprint density at radius 3 is 2.52 bits per heavy atom. The maximum absolute atomic E-state index is 5.99. The third-order valence-corrected chi connectivity index (χ3v) is 4.96. The number of aliphatic imine (C=N–C) groups is 1. The van der Waals surface area contributed by atoms with Gasteiger partial charge in [-0.1, -0.05) is 31.2 Å². The molecule has 1 aliphatic heterocycles. The summed E-state index contributed by atoms with van der Waals surface area (Å²) in [5, 5.41) is 3.10. The van der Waals surface area contributed by atoms with E-state index in [4.69, 9.17) is 10.5 Å². The fraction of sp³-hybridized carbons (Fsp3) is 0.409. The highest BCUT2D eigenvalue weighted by atomic mass is 16.5. The van der Waals surface area contributed by atoms with Crippen molar-refractivity contribution in [2.24, 2.45) is 16.6 Å². The van der Waals surface area contributed by atoms with Crippen molar-refractivity contribution in [3.05, 3.63) is 59.7 Å². The van der Waals surface area contributed by atoms with Crippen LogP contribution in [0.25, 0.3) is 0 Å². The van der Waals surface area contributed by atoms with E-state index < -0.39 is 0 Å². The molecule has 3 rings (SSSR count). The number of hydrogen-bond acceptors (Lipinski definition) is 3. The molecule has 1 fully saturated rings. The molecule has 2 aromatic rings. The highest BCUT2D eigenvalue weighted by Crippen LogP contribution is 2.18. The van der Waals surface area contributed by atoms with Crippen LogP contribution < -0.4 is 15.8 Å². The monoisotopic (exact) mass is 366 g/mol. The first-order valence-corrected chi connectivity index (χ1v) is 9.63. The first-order valence-electron chi connectivity index (χ1n) is 9.63. The van der Waals surface area contributed by atoms with E-state index in [-0.39, 0.29) is 0 Å². The Balaban J connectivity index is 1.50. The average Bonchev–Trinajstić information content (AvgIpc) is 2.68. The summed E-state index contributed by atoms with van der Waals surface area (Å²) in [5.74, 6) is 2.04. The molecule has 144 valence electrons. The van der Waals surface area contributed by atoms with E-state index in [2.05, 4.69) is 46.4 Å². The van der Waals surface area contributed by atoms with E-state index in [1.165, 1.54) is 31.5 Å². The number of benzene rings is 2. The number of hydrogen-bond donors (Lipinski definition) is 2. The summed E-state index contributed by atoms with van der Waals surface area (Å²) in [6.45, 7) is 6.37. The van der Waals surface area contributed by atoms with E-state index in [9.17, 15) is 0 Å². The van der Waals surface area contributed by atoms with Crippen molar-refractivity contribution in [3.8, 4) is 5.75 Å². The van der Waals surface area contributed by atoms with Crippen molar-refractivity contribution in [1.29, 1.82) is 0 Å². The van der Waals surface area contributed by atoms with E-state index in [1.54, 1.807) is 7.11 Å². The number of ether oxygens (including phenoxy) is 1. The molecule has 0 aliphatic carbocycles. The molecule has 27 heavy (non-hydrogen) atoms. The van der Waals surface area contributed by atoms with Crippen molar-refractivity contribution in [1.82, 2.24) is 4.90 Å². The minimum atomic E-state index is 0.409. The van der Waals surface area contributed by atoms with Crippen molar-refractivity contribution < 1.29 is 4.74 Å². The Bertz CT molecular complexity index is 740. The second-order valence-electron chi connectivity index (χ2n) is 7.35. The summed E-state index contributed by atoms with van der Waals surface area (Å²) >= 11 is 0. The second kappa shape index (κ2) is 9.42. The van der Waals surface area contributed by atoms with Gasteiger partial charge < -0.3 is 15.8 Å². The van der Waals surface area contributed by atoms with Crippen LogP contribution in [0.5, 0.6) is 5.75 Å². The number of nitrogens with two attached hydrogens (primary N) is 1. The normalized spacial score (nSPS) is 18.3. The first-order chi connectivity index (χ1) is 13.1. The van der Waals surface area contributed by atoms with Crippen LogP contribution >= 0.6 is 0 Å². The lowest BCUT2D eigenvalue weighted by Gasteiger charge is -2.30. The number of guanidine groups is 1. The Hall–Kier alpha value is -2.53. The number of nitrogens with one attached hydrogen (secondary N) is 1. The molecule has 5 heteroatoms. The number of methoxy groups -OCH3 is 1. The van der Waals surface area contributed by atoms with Gasteiger partial charge in [0.2, 0.25) is 0 Å². The number of anilines is 1. The van der Waals surface area contributed by atoms with Gasteiger partial charge >= 0.3 is 0 Å². The van der Waals surface area contributed by atoms with Crippen molar-refractivity contribution >= 4 is 11.6 Å². The zero-order chi connectivity index (χ0) is 19.1. The molecule has 5 nitrogen and oxygen atoms in total. The molecule has 1 atom stereocenters. The van der Waals surface area contributed by atoms with Crippen molar-refractivity contribution in [3.63, 3.8) is 0 Å². The lowest BCUT2D eigenvalue weighted by Crippen LogP contribution is -2.33. The van der Waals surface area contributed by atoms with Gasteiger partial charge in [0.15, 0.2) is 5.96 Å². The zero-order valence-electron chi connectivity index (χ0n) is 16.3. The molecular weight excluding hydrogens is 336 g/mol. The van der Waals surface area contributed by atoms with Crippen LogP contribution in [-0.2, 0) is 13.1 Å². The number of rotatable bonds is 6. The molecule has 0 amide bonds. The fourth-order valence-electron chi connectivity index (χ4n) is 3.48. The number of piperidine rings is 1. The second-order valence-corrected chi connectivity index (χ2v) is 7.35. The topological polar surface area (TPSA) is 62.9 Å². The molecule has 0 radical (unpaired) electrons. The van der Waals surface area contributed by atoms with Gasteiger partial charge in [-0.15, -0.1) is 0 Å². The summed E-state index contributed by atoms with van der Waals surface area (Å²) in [4.78, 5) is 6.98. The van der Waals surface area contributed by atoms with Crippen LogP contribution in [0.4, 0.5) is 5.69 Å². The summed E-state index contributed by atoms with van der Waals surface area (Å²) in [7, 11) is 1.65. The van der Waals surface area contributed by atoms with Gasteiger partial charge in [-0.2, -0.15) is 0 Å². The van der Waals surface area contributed by atoms with Gasteiger partial charge in [0.1, 0.15) is 5.75 Å². The summed E-state index contributed by atoms with van der Waals surface area (Å²) in [5.41, 5.74) is 9.40. The predicted octanol–water partition coefficient (Wildman–Crippen LogP) is 3.85. The van der Waals surface area contributed by atoms with Gasteiger partial charge in [0.25, 0.3) is 0 Å². The minimum Gasteiger partial charge on any atom is -0.497 e. The standard InChI is InChI=1S/C22H30N4O/c1-17-4-3-13-26(15-17)16-19-7-5-18(6-8-19)14-24-22(23)25-20-9-11-21(27-2)12-10-20/h5-12,17H,3-4,13-16H2,1-2H3,(H3,23,24,25). The molecule has 1 aliphatic rings. The Morgan fingerprint density at radius 2 is 1.85 bits per heavy atom. The lowest BCUT2D eigenvalue weighted by atomic mass is 9.99. The first kappa shape index (κ1) is 19.2. The molecule has 1 unspecified atom stereocenters. The van der Waals surface area contributed by atoms with E-state index in [0.29, 0.717) is 12.5 Å². The molecule has 0 saturated carbocycles. The van der Waals surface area contributed by atoms with E-state index in [1.807, 2.05) is 24.3 Å². The van der Waals surface area contributed by atoms with Crippen LogP contribution in [0.1, 0.15) is 30.9 Å². The quantitative estimate of drug-likeness (QED) is 0.602. The van der Waals surface area contributed by atoms with Crippen molar-refractivity contribution in [2.75, 3.05) is 25.5 Å². The van der Waals surface area contributed by atoms with Crippen LogP contribution in [0.15, 0.2) is 53.5 Å². The fourth-order valence-corrected chi connectivity index (χ4v) is 3.48. The molecule has 1 saturated heterocycles. The van der Waals surface area contributed by atoms with Gasteiger partial charge in [-0.25, -0.2) is 4.99 Å². The summed E-state index contributed by atoms with van der Waals surface area (Å²) < 4.78 is 5.15. The van der Waals surface area contributed by atoms with E-state index in [0.717, 1.165) is 29.5 Å². The Labute approximate surface area is 162 Å². The molecule has 1 heterocycles. The smallest absolute Gasteiger partial charge is 0.193 e. The van der Waals surface area contributed by atoms with Crippen LogP contribution in [-0.4, -0.2) is 31.1 Å². The molecule has 2 aromatic carbocycles. The third-order valence-electron chi connectivity index (χ3n) is 4.96. The number of likely N-dealkylation sites (tertiary alicyclic amines) is 1. The maximum Gasteiger partial charge on any atom is 0.193 e. The molecule has 0 spiro atoms. The van der Waals surface area contributed by atoms with Crippen LogP contribution in [0, 0.1) is 5.92 Å². The predicted molar refractivity (Wildman–Crippen MR) is 112 cm³/mol.